The number of thiophene rings is 1. The van der Waals surface area contributed by atoms with Crippen molar-refractivity contribution < 1.29 is 5.11 Å². The van der Waals surface area contributed by atoms with Gasteiger partial charge in [-0.2, -0.15) is 11.3 Å². The van der Waals surface area contributed by atoms with Gasteiger partial charge in [0.2, 0.25) is 0 Å². The van der Waals surface area contributed by atoms with Crippen molar-refractivity contribution in [2.75, 3.05) is 24.6 Å². The van der Waals surface area contributed by atoms with E-state index in [4.69, 9.17) is 0 Å². The van der Waals surface area contributed by atoms with E-state index in [2.05, 4.69) is 27.0 Å². The first-order valence-electron chi connectivity index (χ1n) is 7.99. The standard InChI is InChI=1S/C16H26N2OS/c19-7-5-13-9-15(17-14-3-1-2-4-14)11-18(10-13)16-6-8-20-12-16/h6,8,12-15,17,19H,1-5,7,9-11H2. The van der Waals surface area contributed by atoms with E-state index >= 15 is 0 Å². The van der Waals surface area contributed by atoms with Gasteiger partial charge in [0, 0.05) is 42.8 Å². The van der Waals surface area contributed by atoms with Gasteiger partial charge in [0.05, 0.1) is 0 Å². The Hall–Kier alpha value is -0.580. The molecule has 2 N–H and O–H groups in total. The number of nitrogens with zero attached hydrogens (tertiary/aromatic N) is 1. The molecule has 0 spiro atoms. The maximum atomic E-state index is 9.27. The number of nitrogens with one attached hydrogen (secondary N) is 1. The van der Waals surface area contributed by atoms with E-state index in [0.717, 1.165) is 25.6 Å². The first kappa shape index (κ1) is 14.4. The third-order valence-electron chi connectivity index (χ3n) is 4.77. The summed E-state index contributed by atoms with van der Waals surface area (Å²) in [4.78, 5) is 2.51. The lowest BCUT2D eigenvalue weighted by Crippen LogP contribution is -2.51. The average Bonchev–Trinajstić information content (AvgIpc) is 3.11. The Labute approximate surface area is 126 Å². The Morgan fingerprint density at radius 2 is 2.10 bits per heavy atom. The lowest BCUT2D eigenvalue weighted by atomic mass is 9.91. The minimum atomic E-state index is 0.318. The molecule has 20 heavy (non-hydrogen) atoms. The summed E-state index contributed by atoms with van der Waals surface area (Å²) in [5.74, 6) is 0.618. The molecular formula is C16H26N2OS. The second-order valence-electron chi connectivity index (χ2n) is 6.35. The van der Waals surface area contributed by atoms with Gasteiger partial charge in [0.1, 0.15) is 0 Å². The minimum absolute atomic E-state index is 0.318. The Morgan fingerprint density at radius 3 is 2.80 bits per heavy atom. The zero-order valence-electron chi connectivity index (χ0n) is 12.1. The number of hydrogen-bond donors (Lipinski definition) is 2. The first-order valence-corrected chi connectivity index (χ1v) is 8.93. The average molecular weight is 294 g/mol. The molecule has 2 unspecified atom stereocenters. The molecule has 1 aromatic heterocycles. The van der Waals surface area contributed by atoms with Crippen LogP contribution in [0.4, 0.5) is 5.69 Å². The van der Waals surface area contributed by atoms with Gasteiger partial charge < -0.3 is 15.3 Å². The molecule has 4 heteroatoms. The van der Waals surface area contributed by atoms with E-state index in [0.29, 0.717) is 18.6 Å². The SMILES string of the molecule is OCCC1CC(NC2CCCC2)CN(c2ccsc2)C1. The molecule has 1 aliphatic carbocycles. The summed E-state index contributed by atoms with van der Waals surface area (Å²) < 4.78 is 0. The molecule has 0 radical (unpaired) electrons. The minimum Gasteiger partial charge on any atom is -0.396 e. The van der Waals surface area contributed by atoms with Crippen molar-refractivity contribution in [3.05, 3.63) is 16.8 Å². The molecule has 3 nitrogen and oxygen atoms in total. The van der Waals surface area contributed by atoms with Crippen LogP contribution in [0.3, 0.4) is 0 Å². The van der Waals surface area contributed by atoms with Gasteiger partial charge in [-0.3, -0.25) is 0 Å². The van der Waals surface area contributed by atoms with Crippen LogP contribution < -0.4 is 10.2 Å². The summed E-state index contributed by atoms with van der Waals surface area (Å²) in [5, 5.41) is 17.5. The summed E-state index contributed by atoms with van der Waals surface area (Å²) in [6.07, 6.45) is 7.62. The van der Waals surface area contributed by atoms with Crippen molar-refractivity contribution in [3.8, 4) is 0 Å². The highest BCUT2D eigenvalue weighted by Gasteiger charge is 2.29. The highest BCUT2D eigenvalue weighted by atomic mass is 32.1. The van der Waals surface area contributed by atoms with E-state index in [1.807, 2.05) is 0 Å². The largest absolute Gasteiger partial charge is 0.396 e. The molecule has 1 aromatic rings. The van der Waals surface area contributed by atoms with E-state index in [1.165, 1.54) is 37.8 Å². The number of aliphatic hydroxyl groups excluding tert-OH is 1. The Morgan fingerprint density at radius 1 is 1.25 bits per heavy atom. The molecule has 0 aromatic carbocycles. The molecule has 2 aliphatic rings. The van der Waals surface area contributed by atoms with Crippen molar-refractivity contribution >= 4 is 17.0 Å². The van der Waals surface area contributed by atoms with Crippen LogP contribution in [-0.4, -0.2) is 36.9 Å². The topological polar surface area (TPSA) is 35.5 Å². The van der Waals surface area contributed by atoms with E-state index in [9.17, 15) is 5.11 Å². The fraction of sp³-hybridized carbons (Fsp3) is 0.750. The number of piperidine rings is 1. The van der Waals surface area contributed by atoms with Crippen LogP contribution in [0.1, 0.15) is 38.5 Å². The van der Waals surface area contributed by atoms with Crippen molar-refractivity contribution in [2.24, 2.45) is 5.92 Å². The van der Waals surface area contributed by atoms with Gasteiger partial charge in [-0.05, 0) is 43.0 Å². The highest BCUT2D eigenvalue weighted by Crippen LogP contribution is 2.28. The summed E-state index contributed by atoms with van der Waals surface area (Å²) in [7, 11) is 0. The predicted octanol–water partition coefficient (Wildman–Crippen LogP) is 2.86. The Bertz CT molecular complexity index is 389. The first-order chi connectivity index (χ1) is 9.85. The highest BCUT2D eigenvalue weighted by molar-refractivity contribution is 7.08. The Kier molecular flexibility index (Phi) is 4.97. The molecule has 1 saturated carbocycles. The van der Waals surface area contributed by atoms with Crippen molar-refractivity contribution in [1.82, 2.24) is 5.32 Å². The van der Waals surface area contributed by atoms with Crippen molar-refractivity contribution in [3.63, 3.8) is 0 Å². The maximum absolute atomic E-state index is 9.27. The molecule has 112 valence electrons. The van der Waals surface area contributed by atoms with E-state index < -0.39 is 0 Å². The number of rotatable bonds is 5. The maximum Gasteiger partial charge on any atom is 0.0475 e. The summed E-state index contributed by atoms with van der Waals surface area (Å²) >= 11 is 1.77. The lowest BCUT2D eigenvalue weighted by molar-refractivity contribution is 0.226. The third-order valence-corrected chi connectivity index (χ3v) is 5.44. The van der Waals surface area contributed by atoms with Crippen LogP contribution in [0.15, 0.2) is 16.8 Å². The molecule has 1 aliphatic heterocycles. The second kappa shape index (κ2) is 6.92. The van der Waals surface area contributed by atoms with Crippen LogP contribution in [0.5, 0.6) is 0 Å². The second-order valence-corrected chi connectivity index (χ2v) is 7.13. The zero-order chi connectivity index (χ0) is 13.8. The molecule has 3 rings (SSSR count). The van der Waals surface area contributed by atoms with Gasteiger partial charge in [-0.25, -0.2) is 0 Å². The lowest BCUT2D eigenvalue weighted by Gasteiger charge is -2.40. The fourth-order valence-corrected chi connectivity index (χ4v) is 4.45. The van der Waals surface area contributed by atoms with Gasteiger partial charge >= 0.3 is 0 Å². The smallest absolute Gasteiger partial charge is 0.0475 e. The van der Waals surface area contributed by atoms with E-state index in [1.54, 1.807) is 11.3 Å². The van der Waals surface area contributed by atoms with Crippen molar-refractivity contribution in [1.29, 1.82) is 0 Å². The zero-order valence-corrected chi connectivity index (χ0v) is 12.9. The normalized spacial score (nSPS) is 28.1. The summed E-state index contributed by atoms with van der Waals surface area (Å²) in [5.41, 5.74) is 1.36. The van der Waals surface area contributed by atoms with Crippen LogP contribution in [-0.2, 0) is 0 Å². The molecule has 2 atom stereocenters. The number of aliphatic hydroxyl groups is 1. The fourth-order valence-electron chi connectivity index (χ4n) is 3.79. The van der Waals surface area contributed by atoms with Gasteiger partial charge in [0.25, 0.3) is 0 Å². The Balaban J connectivity index is 1.63. The van der Waals surface area contributed by atoms with Gasteiger partial charge in [0.15, 0.2) is 0 Å². The van der Waals surface area contributed by atoms with Crippen LogP contribution >= 0.6 is 11.3 Å². The summed E-state index contributed by atoms with van der Waals surface area (Å²) in [6, 6.07) is 3.54. The number of hydrogen-bond acceptors (Lipinski definition) is 4. The molecule has 0 amide bonds. The van der Waals surface area contributed by atoms with Crippen LogP contribution in [0.2, 0.25) is 0 Å². The number of anilines is 1. The molecule has 2 fully saturated rings. The molecular weight excluding hydrogens is 268 g/mol. The molecule has 1 saturated heterocycles. The van der Waals surface area contributed by atoms with Crippen molar-refractivity contribution in [2.45, 2.75) is 50.6 Å². The van der Waals surface area contributed by atoms with Crippen LogP contribution in [0, 0.1) is 5.92 Å². The predicted molar refractivity (Wildman–Crippen MR) is 85.5 cm³/mol. The monoisotopic (exact) mass is 294 g/mol. The summed E-state index contributed by atoms with van der Waals surface area (Å²) in [6.45, 7) is 2.54. The van der Waals surface area contributed by atoms with Gasteiger partial charge in [-0.1, -0.05) is 12.8 Å². The van der Waals surface area contributed by atoms with E-state index in [-0.39, 0.29) is 0 Å². The molecule has 2 heterocycles. The van der Waals surface area contributed by atoms with Crippen LogP contribution in [0.25, 0.3) is 0 Å². The quantitative estimate of drug-likeness (QED) is 0.876. The van der Waals surface area contributed by atoms with Gasteiger partial charge in [-0.15, -0.1) is 0 Å². The molecule has 0 bridgehead atoms. The third kappa shape index (κ3) is 3.54.